The second-order valence-electron chi connectivity index (χ2n) is 14.3. The average Bonchev–Trinajstić information content (AvgIpc) is 3.43. The standard InChI is InChI=1S/C40H48N6O4S2/c41-25-31-13-7-15-35-45(31)39(49)33(19-21-51-35)43-37(47)29(23-27-9-3-1-4-10-27)17-18-30(24-28-11-5-2-6-12-28)38(48)44-34-20-22-52-36-16-8-14-32(26-42)46(36)40(34)50/h1-6,9-12,29-36H,7-8,13-24H2,(H,43,47)(H,44,48)/t29-,30-,31+,32+,33+,34+,35+,36+/m1/s1. The molecule has 10 nitrogen and oxygen atoms in total. The largest absolute Gasteiger partial charge is 0.344 e. The first-order chi connectivity index (χ1) is 25.4. The summed E-state index contributed by atoms with van der Waals surface area (Å²) in [6.07, 6.45) is 7.46. The van der Waals surface area contributed by atoms with E-state index in [1.54, 1.807) is 33.3 Å². The third kappa shape index (κ3) is 9.13. The summed E-state index contributed by atoms with van der Waals surface area (Å²) < 4.78 is 0. The van der Waals surface area contributed by atoms with Gasteiger partial charge in [0.05, 0.1) is 22.9 Å². The lowest BCUT2D eigenvalue weighted by molar-refractivity contribution is -0.140. The quantitative estimate of drug-likeness (QED) is 0.320. The average molecular weight is 741 g/mol. The Bertz CT molecular complexity index is 1530. The predicted octanol–water partition coefficient (Wildman–Crippen LogP) is 5.19. The van der Waals surface area contributed by atoms with Crippen molar-refractivity contribution >= 4 is 47.2 Å². The van der Waals surface area contributed by atoms with Crippen molar-refractivity contribution in [3.8, 4) is 12.1 Å². The third-order valence-electron chi connectivity index (χ3n) is 10.9. The van der Waals surface area contributed by atoms with Gasteiger partial charge in [0.2, 0.25) is 23.6 Å². The molecule has 0 bridgehead atoms. The number of amides is 4. The Labute approximate surface area is 315 Å². The molecule has 52 heavy (non-hydrogen) atoms. The smallest absolute Gasteiger partial charge is 0.247 e. The lowest BCUT2D eigenvalue weighted by Gasteiger charge is -2.38. The van der Waals surface area contributed by atoms with Crippen LogP contribution in [0.1, 0.15) is 75.3 Å². The van der Waals surface area contributed by atoms with Crippen LogP contribution in [0.5, 0.6) is 0 Å². The monoisotopic (exact) mass is 740 g/mol. The number of nitriles is 2. The number of piperidine rings is 2. The van der Waals surface area contributed by atoms with Gasteiger partial charge in [0.25, 0.3) is 0 Å². The third-order valence-corrected chi connectivity index (χ3v) is 13.5. The Morgan fingerprint density at radius 1 is 0.654 bits per heavy atom. The molecule has 4 heterocycles. The molecule has 6 rings (SSSR count). The molecular formula is C40H48N6O4S2. The van der Waals surface area contributed by atoms with Gasteiger partial charge < -0.3 is 20.4 Å². The normalized spacial score (nSPS) is 27.3. The Morgan fingerprint density at radius 2 is 1.06 bits per heavy atom. The summed E-state index contributed by atoms with van der Waals surface area (Å²) in [6, 6.07) is 21.8. The molecule has 4 fully saturated rings. The van der Waals surface area contributed by atoms with Gasteiger partial charge in [-0.05, 0) is 99.7 Å². The molecule has 0 unspecified atom stereocenters. The Morgan fingerprint density at radius 3 is 1.44 bits per heavy atom. The van der Waals surface area contributed by atoms with Crippen LogP contribution in [-0.4, -0.2) is 79.8 Å². The number of hydrogen-bond donors (Lipinski definition) is 2. The van der Waals surface area contributed by atoms with Gasteiger partial charge in [-0.3, -0.25) is 19.2 Å². The van der Waals surface area contributed by atoms with Crippen molar-refractivity contribution < 1.29 is 19.2 Å². The molecule has 12 heteroatoms. The molecule has 0 spiro atoms. The van der Waals surface area contributed by atoms with Gasteiger partial charge in [-0.1, -0.05) is 60.7 Å². The number of benzene rings is 2. The maximum Gasteiger partial charge on any atom is 0.247 e. The molecule has 2 aromatic rings. The summed E-state index contributed by atoms with van der Waals surface area (Å²) in [5.41, 5.74) is 1.97. The highest BCUT2D eigenvalue weighted by molar-refractivity contribution is 8.00. The molecule has 0 aromatic heterocycles. The van der Waals surface area contributed by atoms with E-state index in [0.29, 0.717) is 62.9 Å². The van der Waals surface area contributed by atoms with Gasteiger partial charge in [-0.2, -0.15) is 10.5 Å². The van der Waals surface area contributed by atoms with Crippen LogP contribution in [0, 0.1) is 34.5 Å². The Hall–Kier alpha value is -4.00. The highest BCUT2D eigenvalue weighted by Gasteiger charge is 2.42. The maximum absolute atomic E-state index is 14.2. The Kier molecular flexibility index (Phi) is 13.2. The fraction of sp³-hybridized carbons (Fsp3) is 0.550. The number of rotatable bonds is 11. The van der Waals surface area contributed by atoms with E-state index in [4.69, 9.17) is 0 Å². The van der Waals surface area contributed by atoms with Crippen molar-refractivity contribution in [2.24, 2.45) is 11.8 Å². The summed E-state index contributed by atoms with van der Waals surface area (Å²) in [5, 5.41) is 25.8. The zero-order valence-corrected chi connectivity index (χ0v) is 31.2. The molecule has 0 radical (unpaired) electrons. The number of carbonyl (C=O) groups is 4. The van der Waals surface area contributed by atoms with Gasteiger partial charge in [0.1, 0.15) is 24.2 Å². The van der Waals surface area contributed by atoms with Crippen LogP contribution < -0.4 is 10.6 Å². The van der Waals surface area contributed by atoms with E-state index in [-0.39, 0.29) is 34.4 Å². The van der Waals surface area contributed by atoms with E-state index in [1.807, 2.05) is 60.7 Å². The zero-order chi connectivity index (χ0) is 36.5. The van der Waals surface area contributed by atoms with E-state index in [1.165, 1.54) is 0 Å². The first kappa shape index (κ1) is 37.7. The maximum atomic E-state index is 14.2. The minimum atomic E-state index is -0.712. The van der Waals surface area contributed by atoms with Gasteiger partial charge in [-0.15, -0.1) is 23.5 Å². The van der Waals surface area contributed by atoms with E-state index in [2.05, 4.69) is 22.8 Å². The fourth-order valence-corrected chi connectivity index (χ4v) is 10.8. The zero-order valence-electron chi connectivity index (χ0n) is 29.5. The van der Waals surface area contributed by atoms with Crippen LogP contribution in [0.15, 0.2) is 60.7 Å². The molecule has 0 saturated carbocycles. The van der Waals surface area contributed by atoms with Crippen molar-refractivity contribution in [3.63, 3.8) is 0 Å². The van der Waals surface area contributed by atoms with Crippen molar-refractivity contribution in [3.05, 3.63) is 71.8 Å². The lowest BCUT2D eigenvalue weighted by Crippen LogP contribution is -2.55. The number of nitrogens with one attached hydrogen (secondary N) is 2. The van der Waals surface area contributed by atoms with Crippen LogP contribution in [0.4, 0.5) is 0 Å². The topological polar surface area (TPSA) is 146 Å². The predicted molar refractivity (Wildman–Crippen MR) is 202 cm³/mol. The van der Waals surface area contributed by atoms with Crippen LogP contribution in [0.2, 0.25) is 0 Å². The molecule has 274 valence electrons. The van der Waals surface area contributed by atoms with Gasteiger partial charge in [0.15, 0.2) is 0 Å². The number of thioether (sulfide) groups is 2. The number of nitrogens with zero attached hydrogens (tertiary/aromatic N) is 4. The summed E-state index contributed by atoms with van der Waals surface area (Å²) in [4.78, 5) is 59.4. The van der Waals surface area contributed by atoms with Crippen LogP contribution in [0.3, 0.4) is 0 Å². The van der Waals surface area contributed by atoms with Gasteiger partial charge >= 0.3 is 0 Å². The molecular weight excluding hydrogens is 693 g/mol. The number of carbonyl (C=O) groups excluding carboxylic acids is 4. The van der Waals surface area contributed by atoms with E-state index in [9.17, 15) is 29.7 Å². The molecule has 0 aliphatic carbocycles. The van der Waals surface area contributed by atoms with Crippen LogP contribution in [0.25, 0.3) is 0 Å². The first-order valence-corrected chi connectivity index (χ1v) is 20.8. The van der Waals surface area contributed by atoms with Crippen molar-refractivity contribution in [1.82, 2.24) is 20.4 Å². The van der Waals surface area contributed by atoms with E-state index < -0.39 is 36.0 Å². The molecule has 8 atom stereocenters. The summed E-state index contributed by atoms with van der Waals surface area (Å²) in [5.74, 6) is -0.431. The van der Waals surface area contributed by atoms with Gasteiger partial charge in [-0.25, -0.2) is 0 Å². The number of hydrogen-bond acceptors (Lipinski definition) is 8. The van der Waals surface area contributed by atoms with Crippen LogP contribution in [-0.2, 0) is 32.0 Å². The molecule has 2 N–H and O–H groups in total. The minimum Gasteiger partial charge on any atom is -0.344 e. The number of fused-ring (bicyclic) bond motifs is 2. The fourth-order valence-electron chi connectivity index (χ4n) is 8.05. The van der Waals surface area contributed by atoms with Crippen LogP contribution >= 0.6 is 23.5 Å². The highest BCUT2D eigenvalue weighted by atomic mass is 32.2. The SMILES string of the molecule is N#C[C@@H]1CCC[C@@H]2SCC[C@H](NC(=O)[C@H](CC[C@H](Cc3ccccc3)C(=O)N[C@H]3CCS[C@H]4CCC[C@@H](C#N)N4C3=O)Cc3ccccc3)C(=O)N12. The van der Waals surface area contributed by atoms with Crippen molar-refractivity contribution in [2.75, 3.05) is 11.5 Å². The molecule has 2 aromatic carbocycles. The minimum absolute atomic E-state index is 0.0457. The van der Waals surface area contributed by atoms with E-state index >= 15 is 0 Å². The second kappa shape index (κ2) is 18.2. The van der Waals surface area contributed by atoms with Crippen molar-refractivity contribution in [1.29, 1.82) is 10.5 Å². The first-order valence-electron chi connectivity index (χ1n) is 18.7. The molecule has 4 amide bonds. The summed E-state index contributed by atoms with van der Waals surface area (Å²) in [7, 11) is 0. The highest BCUT2D eigenvalue weighted by Crippen LogP contribution is 2.36. The lowest BCUT2D eigenvalue weighted by atomic mass is 9.86. The molecule has 4 aliphatic heterocycles. The van der Waals surface area contributed by atoms with Crippen molar-refractivity contribution in [2.45, 2.75) is 112 Å². The Balaban J connectivity index is 1.19. The molecule has 4 aliphatic rings. The molecule has 4 saturated heterocycles. The van der Waals surface area contributed by atoms with E-state index in [0.717, 1.165) is 36.8 Å². The second-order valence-corrected chi connectivity index (χ2v) is 16.9. The van der Waals surface area contributed by atoms with Gasteiger partial charge in [0, 0.05) is 11.8 Å². The summed E-state index contributed by atoms with van der Waals surface area (Å²) in [6.45, 7) is 0. The summed E-state index contributed by atoms with van der Waals surface area (Å²) >= 11 is 3.38.